The van der Waals surface area contributed by atoms with Gasteiger partial charge in [0.1, 0.15) is 0 Å². The molecular formula is C72H141NO5. The van der Waals surface area contributed by atoms with E-state index in [1.807, 2.05) is 6.08 Å². The number of unbranched alkanes of at least 4 members (excludes halogenated alkanes) is 57. The van der Waals surface area contributed by atoms with Crippen LogP contribution in [0.3, 0.4) is 0 Å². The fourth-order valence-electron chi connectivity index (χ4n) is 11.6. The molecule has 2 atom stereocenters. The summed E-state index contributed by atoms with van der Waals surface area (Å²) in [6.07, 6.45) is 84.3. The molecule has 6 nitrogen and oxygen atoms in total. The van der Waals surface area contributed by atoms with Crippen LogP contribution in [0, 0.1) is 0 Å². The Labute approximate surface area is 489 Å². The van der Waals surface area contributed by atoms with Crippen LogP contribution in [0.4, 0.5) is 0 Å². The van der Waals surface area contributed by atoms with E-state index < -0.39 is 12.1 Å². The van der Waals surface area contributed by atoms with Gasteiger partial charge in [0.25, 0.3) is 0 Å². The third-order valence-electron chi connectivity index (χ3n) is 17.1. The minimum atomic E-state index is -0.847. The average Bonchev–Trinajstić information content (AvgIpc) is 3.44. The van der Waals surface area contributed by atoms with E-state index in [9.17, 15) is 19.8 Å². The highest BCUT2D eigenvalue weighted by molar-refractivity contribution is 5.76. The zero-order chi connectivity index (χ0) is 56.4. The maximum atomic E-state index is 12.5. The molecule has 0 aromatic carbocycles. The summed E-state index contributed by atoms with van der Waals surface area (Å²) in [6, 6.07) is -0.630. The first-order valence-electron chi connectivity index (χ1n) is 36.0. The van der Waals surface area contributed by atoms with Gasteiger partial charge >= 0.3 is 5.97 Å². The first-order valence-corrected chi connectivity index (χ1v) is 36.0. The van der Waals surface area contributed by atoms with Crippen molar-refractivity contribution in [3.63, 3.8) is 0 Å². The third-order valence-corrected chi connectivity index (χ3v) is 17.1. The van der Waals surface area contributed by atoms with Gasteiger partial charge in [-0.2, -0.15) is 0 Å². The Kier molecular flexibility index (Phi) is 66.9. The Morgan fingerprint density at radius 3 is 0.872 bits per heavy atom. The lowest BCUT2D eigenvalue weighted by Crippen LogP contribution is -2.45. The zero-order valence-corrected chi connectivity index (χ0v) is 53.2. The van der Waals surface area contributed by atoms with E-state index in [1.54, 1.807) is 6.08 Å². The van der Waals surface area contributed by atoms with Gasteiger partial charge in [-0.05, 0) is 32.1 Å². The summed E-state index contributed by atoms with van der Waals surface area (Å²) in [6.45, 7) is 4.95. The molecule has 6 heteroatoms. The smallest absolute Gasteiger partial charge is 0.305 e. The molecule has 0 rings (SSSR count). The van der Waals surface area contributed by atoms with Crippen LogP contribution < -0.4 is 5.32 Å². The summed E-state index contributed by atoms with van der Waals surface area (Å²) in [7, 11) is 0. The van der Waals surface area contributed by atoms with Gasteiger partial charge in [-0.15, -0.1) is 0 Å². The molecule has 0 bridgehead atoms. The summed E-state index contributed by atoms with van der Waals surface area (Å²) >= 11 is 0. The highest BCUT2D eigenvalue weighted by atomic mass is 16.5. The standard InChI is InChI=1S/C72H141NO5/c1-3-5-7-9-11-13-15-17-19-21-23-24-25-26-29-32-36-40-44-48-52-56-60-64-70(75)69(68-74)73-71(76)65-61-57-53-49-45-41-37-33-30-27-28-31-35-39-43-47-51-55-59-63-67-78-72(77)66-62-58-54-50-46-42-38-34-22-20-18-16-14-12-10-8-6-4-2/h60,64,69-70,74-75H,3-59,61-63,65-68H2,1-2H3,(H,73,76)/b64-60+. The monoisotopic (exact) mass is 1100 g/mol. The van der Waals surface area contributed by atoms with E-state index in [0.29, 0.717) is 19.4 Å². The fraction of sp³-hybridized carbons (Fsp3) is 0.944. The van der Waals surface area contributed by atoms with Crippen LogP contribution >= 0.6 is 0 Å². The second-order valence-corrected chi connectivity index (χ2v) is 24.9. The molecule has 464 valence electrons. The number of amides is 1. The highest BCUT2D eigenvalue weighted by Crippen LogP contribution is 2.19. The van der Waals surface area contributed by atoms with Gasteiger partial charge < -0.3 is 20.3 Å². The number of hydrogen-bond donors (Lipinski definition) is 3. The van der Waals surface area contributed by atoms with Crippen LogP contribution in [0.5, 0.6) is 0 Å². The van der Waals surface area contributed by atoms with E-state index >= 15 is 0 Å². The topological polar surface area (TPSA) is 95.9 Å². The van der Waals surface area contributed by atoms with Crippen molar-refractivity contribution in [2.24, 2.45) is 0 Å². The second-order valence-electron chi connectivity index (χ2n) is 24.9. The summed E-state index contributed by atoms with van der Waals surface area (Å²) in [4.78, 5) is 24.6. The quantitative estimate of drug-likeness (QED) is 0.0320. The molecule has 0 spiro atoms. The average molecular weight is 1100 g/mol. The lowest BCUT2D eigenvalue weighted by Gasteiger charge is -2.20. The van der Waals surface area contributed by atoms with E-state index in [0.717, 1.165) is 38.5 Å². The van der Waals surface area contributed by atoms with Crippen LogP contribution in [0.2, 0.25) is 0 Å². The Bertz CT molecular complexity index is 1180. The van der Waals surface area contributed by atoms with Crippen molar-refractivity contribution in [3.8, 4) is 0 Å². The number of carbonyl (C=O) groups is 2. The first-order chi connectivity index (χ1) is 38.5. The number of nitrogens with one attached hydrogen (secondary N) is 1. The molecule has 0 aliphatic carbocycles. The van der Waals surface area contributed by atoms with Crippen LogP contribution in [-0.2, 0) is 14.3 Å². The van der Waals surface area contributed by atoms with Crippen molar-refractivity contribution in [3.05, 3.63) is 12.2 Å². The molecule has 0 fully saturated rings. The summed E-state index contributed by atoms with van der Waals surface area (Å²) in [5.41, 5.74) is 0. The van der Waals surface area contributed by atoms with Crippen molar-refractivity contribution in [2.75, 3.05) is 13.2 Å². The molecule has 0 heterocycles. The number of aliphatic hydroxyl groups is 2. The first kappa shape index (κ1) is 76.6. The number of aliphatic hydroxyl groups excluding tert-OH is 2. The van der Waals surface area contributed by atoms with Crippen molar-refractivity contribution < 1.29 is 24.5 Å². The zero-order valence-electron chi connectivity index (χ0n) is 53.2. The number of rotatable bonds is 68. The van der Waals surface area contributed by atoms with Crippen LogP contribution in [0.15, 0.2) is 12.2 Å². The molecule has 0 radical (unpaired) electrons. The normalized spacial score (nSPS) is 12.5. The predicted molar refractivity (Wildman–Crippen MR) is 343 cm³/mol. The lowest BCUT2D eigenvalue weighted by atomic mass is 10.0. The van der Waals surface area contributed by atoms with E-state index in [2.05, 4.69) is 19.2 Å². The molecule has 0 aliphatic rings. The maximum absolute atomic E-state index is 12.5. The van der Waals surface area contributed by atoms with Gasteiger partial charge in [0.05, 0.1) is 25.4 Å². The lowest BCUT2D eigenvalue weighted by molar-refractivity contribution is -0.143. The number of esters is 1. The molecular weight excluding hydrogens is 959 g/mol. The number of hydrogen-bond acceptors (Lipinski definition) is 5. The van der Waals surface area contributed by atoms with Gasteiger partial charge in [0.2, 0.25) is 5.91 Å². The molecule has 0 aromatic rings. The van der Waals surface area contributed by atoms with Gasteiger partial charge in [-0.3, -0.25) is 9.59 Å². The van der Waals surface area contributed by atoms with E-state index in [1.165, 1.54) is 347 Å². The number of carbonyl (C=O) groups excluding carboxylic acids is 2. The molecule has 0 aromatic heterocycles. The van der Waals surface area contributed by atoms with Gasteiger partial charge in [-0.25, -0.2) is 0 Å². The SMILES string of the molecule is CCCCCCCCCCCCCCCCCCCCCCC/C=C/C(O)C(CO)NC(=O)CCCCCCCCCCCCCCCCCCCCCCOC(=O)CCCCCCCCCCCCCCCCCCCC. The largest absolute Gasteiger partial charge is 0.466 e. The predicted octanol–water partition coefficient (Wildman–Crippen LogP) is 23.1. The van der Waals surface area contributed by atoms with Gasteiger partial charge in [-0.1, -0.05) is 379 Å². The Morgan fingerprint density at radius 1 is 0.346 bits per heavy atom. The molecule has 78 heavy (non-hydrogen) atoms. The molecule has 1 amide bonds. The van der Waals surface area contributed by atoms with Crippen LogP contribution in [0.1, 0.15) is 412 Å². The van der Waals surface area contributed by atoms with Gasteiger partial charge in [0.15, 0.2) is 0 Å². The van der Waals surface area contributed by atoms with Crippen molar-refractivity contribution in [1.29, 1.82) is 0 Å². The Morgan fingerprint density at radius 2 is 0.590 bits per heavy atom. The van der Waals surface area contributed by atoms with Crippen LogP contribution in [-0.4, -0.2) is 47.4 Å². The number of allylic oxidation sites excluding steroid dienone is 1. The molecule has 0 aliphatic heterocycles. The van der Waals surface area contributed by atoms with Crippen molar-refractivity contribution in [1.82, 2.24) is 5.32 Å². The summed E-state index contributed by atoms with van der Waals surface area (Å²) in [5.74, 6) is -0.0490. The number of ether oxygens (including phenoxy) is 1. The van der Waals surface area contributed by atoms with Crippen LogP contribution in [0.25, 0.3) is 0 Å². The van der Waals surface area contributed by atoms with E-state index in [-0.39, 0.29) is 18.5 Å². The third kappa shape index (κ3) is 63.8. The minimum absolute atomic E-state index is 0.0157. The van der Waals surface area contributed by atoms with Gasteiger partial charge in [0, 0.05) is 12.8 Å². The molecule has 0 saturated carbocycles. The summed E-state index contributed by atoms with van der Waals surface area (Å²) < 4.78 is 5.51. The second kappa shape index (κ2) is 68.1. The molecule has 3 N–H and O–H groups in total. The Hall–Kier alpha value is -1.40. The fourth-order valence-corrected chi connectivity index (χ4v) is 11.6. The Balaban J connectivity index is 3.40. The highest BCUT2D eigenvalue weighted by Gasteiger charge is 2.18. The maximum Gasteiger partial charge on any atom is 0.305 e. The summed E-state index contributed by atoms with van der Waals surface area (Å²) in [5, 5.41) is 23.3. The van der Waals surface area contributed by atoms with Crippen molar-refractivity contribution in [2.45, 2.75) is 424 Å². The van der Waals surface area contributed by atoms with E-state index in [4.69, 9.17) is 4.74 Å². The van der Waals surface area contributed by atoms with Crippen molar-refractivity contribution >= 4 is 11.9 Å². The molecule has 0 saturated heterocycles. The minimum Gasteiger partial charge on any atom is -0.466 e. The molecule has 2 unspecified atom stereocenters.